The average molecular weight is 127 g/mol. The molecular formula is C8H15O. The van der Waals surface area contributed by atoms with Crippen molar-refractivity contribution in [2.75, 3.05) is 13.2 Å². The van der Waals surface area contributed by atoms with E-state index >= 15 is 0 Å². The van der Waals surface area contributed by atoms with Gasteiger partial charge in [0.1, 0.15) is 0 Å². The highest BCUT2D eigenvalue weighted by atomic mass is 16.5. The van der Waals surface area contributed by atoms with E-state index in [1.54, 1.807) is 0 Å². The molecule has 9 heavy (non-hydrogen) atoms. The highest BCUT2D eigenvalue weighted by molar-refractivity contribution is 4.80. The van der Waals surface area contributed by atoms with Crippen molar-refractivity contribution < 1.29 is 4.74 Å². The van der Waals surface area contributed by atoms with E-state index in [1.807, 2.05) is 0 Å². The lowest BCUT2D eigenvalue weighted by atomic mass is 10.0. The highest BCUT2D eigenvalue weighted by Crippen LogP contribution is 2.16. The molecule has 1 aliphatic rings. The number of rotatable bonds is 4. The Balaban J connectivity index is 1.80. The Bertz CT molecular complexity index is 67.0. The molecule has 0 aromatic carbocycles. The Kier molecular flexibility index (Phi) is 3.05. The van der Waals surface area contributed by atoms with Gasteiger partial charge in [-0.05, 0) is 12.8 Å². The number of hydrogen-bond acceptors (Lipinski definition) is 1. The van der Waals surface area contributed by atoms with Crippen LogP contribution in [0.5, 0.6) is 0 Å². The normalized spacial score (nSPS) is 19.7. The van der Waals surface area contributed by atoms with Crippen LogP contribution < -0.4 is 0 Å². The minimum absolute atomic E-state index is 0.788. The first-order chi connectivity index (χ1) is 4.43. The van der Waals surface area contributed by atoms with Crippen molar-refractivity contribution in [2.24, 2.45) is 5.92 Å². The van der Waals surface area contributed by atoms with Gasteiger partial charge in [-0.3, -0.25) is 0 Å². The standard InChI is InChI=1S/C8H15O/c1-2-3-4-5-8-6-9-7-8/h5,8H,2-4,6-7H2,1H3. The van der Waals surface area contributed by atoms with Gasteiger partial charge in [-0.25, -0.2) is 0 Å². The molecular weight excluding hydrogens is 112 g/mol. The largest absolute Gasteiger partial charge is 0.381 e. The molecule has 1 radical (unpaired) electrons. The fraction of sp³-hybridized carbons (Fsp3) is 0.875. The zero-order valence-electron chi connectivity index (χ0n) is 6.10. The van der Waals surface area contributed by atoms with Crippen LogP contribution in [0.25, 0.3) is 0 Å². The van der Waals surface area contributed by atoms with Crippen LogP contribution in [0.3, 0.4) is 0 Å². The molecule has 0 saturated carbocycles. The van der Waals surface area contributed by atoms with Crippen LogP contribution in [0.2, 0.25) is 0 Å². The van der Waals surface area contributed by atoms with Gasteiger partial charge in [0, 0.05) is 5.92 Å². The van der Waals surface area contributed by atoms with Crippen molar-refractivity contribution in [3.05, 3.63) is 6.42 Å². The lowest BCUT2D eigenvalue weighted by molar-refractivity contribution is -0.0168. The molecule has 1 fully saturated rings. The fourth-order valence-corrected chi connectivity index (χ4v) is 0.948. The second kappa shape index (κ2) is 3.89. The lowest BCUT2D eigenvalue weighted by Gasteiger charge is -2.25. The number of hydrogen-bond donors (Lipinski definition) is 0. The van der Waals surface area contributed by atoms with Crippen LogP contribution in [0, 0.1) is 12.3 Å². The van der Waals surface area contributed by atoms with Crippen molar-refractivity contribution >= 4 is 0 Å². The summed E-state index contributed by atoms with van der Waals surface area (Å²) in [6.45, 7) is 4.18. The second-order valence-corrected chi connectivity index (χ2v) is 2.68. The molecule has 0 atom stereocenters. The van der Waals surface area contributed by atoms with Gasteiger partial charge in [-0.15, -0.1) is 0 Å². The number of unbranched alkanes of at least 4 members (excludes halogenated alkanes) is 2. The maximum absolute atomic E-state index is 5.03. The fourth-order valence-electron chi connectivity index (χ4n) is 0.948. The van der Waals surface area contributed by atoms with Crippen LogP contribution >= 0.6 is 0 Å². The molecule has 1 saturated heterocycles. The first-order valence-electron chi connectivity index (χ1n) is 3.84. The van der Waals surface area contributed by atoms with Gasteiger partial charge < -0.3 is 4.74 Å². The van der Waals surface area contributed by atoms with Crippen LogP contribution in [0.4, 0.5) is 0 Å². The Morgan fingerprint density at radius 3 is 2.78 bits per heavy atom. The molecule has 0 N–H and O–H groups in total. The van der Waals surface area contributed by atoms with E-state index in [-0.39, 0.29) is 0 Å². The topological polar surface area (TPSA) is 9.23 Å². The summed E-state index contributed by atoms with van der Waals surface area (Å²) in [6.07, 6.45) is 6.33. The van der Waals surface area contributed by atoms with Gasteiger partial charge in [0.05, 0.1) is 13.2 Å². The summed E-state index contributed by atoms with van der Waals surface area (Å²) in [4.78, 5) is 0. The van der Waals surface area contributed by atoms with E-state index < -0.39 is 0 Å². The first-order valence-corrected chi connectivity index (χ1v) is 3.84. The van der Waals surface area contributed by atoms with Crippen LogP contribution in [-0.4, -0.2) is 13.2 Å². The molecule has 1 aliphatic heterocycles. The maximum Gasteiger partial charge on any atom is 0.0519 e. The summed E-state index contributed by atoms with van der Waals surface area (Å²) in [5, 5.41) is 0. The van der Waals surface area contributed by atoms with E-state index in [2.05, 4.69) is 13.3 Å². The van der Waals surface area contributed by atoms with E-state index in [0.29, 0.717) is 0 Å². The quantitative estimate of drug-likeness (QED) is 0.525. The minimum Gasteiger partial charge on any atom is -0.381 e. The maximum atomic E-state index is 5.03. The van der Waals surface area contributed by atoms with Gasteiger partial charge in [0.25, 0.3) is 0 Å². The summed E-state index contributed by atoms with van der Waals surface area (Å²) < 4.78 is 5.03. The average Bonchev–Trinajstić information content (AvgIpc) is 1.76. The van der Waals surface area contributed by atoms with E-state index in [1.165, 1.54) is 19.3 Å². The summed E-state index contributed by atoms with van der Waals surface area (Å²) in [5.74, 6) is 0.788. The van der Waals surface area contributed by atoms with E-state index in [4.69, 9.17) is 4.74 Å². The summed E-state index contributed by atoms with van der Waals surface area (Å²) in [6, 6.07) is 0. The molecule has 0 bridgehead atoms. The van der Waals surface area contributed by atoms with Gasteiger partial charge in [-0.2, -0.15) is 0 Å². The molecule has 0 unspecified atom stereocenters. The van der Waals surface area contributed by atoms with Crippen molar-refractivity contribution in [3.8, 4) is 0 Å². The molecule has 1 nitrogen and oxygen atoms in total. The summed E-state index contributed by atoms with van der Waals surface area (Å²) in [5.41, 5.74) is 0. The first kappa shape index (κ1) is 7.07. The molecule has 0 aromatic heterocycles. The van der Waals surface area contributed by atoms with E-state index in [0.717, 1.165) is 19.1 Å². The molecule has 0 aliphatic carbocycles. The molecule has 0 spiro atoms. The Labute approximate surface area is 57.4 Å². The predicted molar refractivity (Wildman–Crippen MR) is 38.1 cm³/mol. The third-order valence-electron chi connectivity index (χ3n) is 1.72. The zero-order chi connectivity index (χ0) is 6.53. The Hall–Kier alpha value is -0.0400. The predicted octanol–water partition coefficient (Wildman–Crippen LogP) is 2.03. The molecule has 1 heterocycles. The SMILES string of the molecule is CCCC[CH]C1COC1. The molecule has 53 valence electrons. The third kappa shape index (κ3) is 2.35. The van der Waals surface area contributed by atoms with Gasteiger partial charge in [0.15, 0.2) is 0 Å². The van der Waals surface area contributed by atoms with Crippen LogP contribution in [0.1, 0.15) is 26.2 Å². The van der Waals surface area contributed by atoms with Crippen molar-refractivity contribution in [3.63, 3.8) is 0 Å². The zero-order valence-corrected chi connectivity index (χ0v) is 6.10. The Morgan fingerprint density at radius 1 is 1.56 bits per heavy atom. The van der Waals surface area contributed by atoms with Crippen molar-refractivity contribution in [1.82, 2.24) is 0 Å². The van der Waals surface area contributed by atoms with Crippen LogP contribution in [0.15, 0.2) is 0 Å². The van der Waals surface area contributed by atoms with Gasteiger partial charge in [-0.1, -0.05) is 19.8 Å². The minimum atomic E-state index is 0.788. The molecule has 0 amide bonds. The third-order valence-corrected chi connectivity index (χ3v) is 1.72. The lowest BCUT2D eigenvalue weighted by Crippen LogP contribution is -2.27. The second-order valence-electron chi connectivity index (χ2n) is 2.68. The summed E-state index contributed by atoms with van der Waals surface area (Å²) >= 11 is 0. The van der Waals surface area contributed by atoms with E-state index in [9.17, 15) is 0 Å². The highest BCUT2D eigenvalue weighted by Gasteiger charge is 2.16. The smallest absolute Gasteiger partial charge is 0.0519 e. The van der Waals surface area contributed by atoms with Gasteiger partial charge >= 0.3 is 0 Å². The molecule has 0 aromatic rings. The number of ether oxygens (including phenoxy) is 1. The van der Waals surface area contributed by atoms with Gasteiger partial charge in [0.2, 0.25) is 0 Å². The molecule has 1 rings (SSSR count). The Morgan fingerprint density at radius 2 is 2.33 bits per heavy atom. The molecule has 1 heteroatoms. The van der Waals surface area contributed by atoms with Crippen molar-refractivity contribution in [2.45, 2.75) is 26.2 Å². The van der Waals surface area contributed by atoms with Crippen molar-refractivity contribution in [1.29, 1.82) is 0 Å². The monoisotopic (exact) mass is 127 g/mol. The summed E-state index contributed by atoms with van der Waals surface area (Å²) in [7, 11) is 0. The van der Waals surface area contributed by atoms with Crippen LogP contribution in [-0.2, 0) is 4.74 Å².